The molecule has 1 aliphatic rings. The number of carbonyl (C=O) groups is 1. The van der Waals surface area contributed by atoms with Gasteiger partial charge in [-0.05, 0) is 49.2 Å². The molecule has 1 unspecified atom stereocenters. The summed E-state index contributed by atoms with van der Waals surface area (Å²) in [7, 11) is 0. The van der Waals surface area contributed by atoms with Gasteiger partial charge in [0.15, 0.2) is 4.75 Å². The molecule has 1 atom stereocenters. The van der Waals surface area contributed by atoms with Crippen LogP contribution in [0.3, 0.4) is 0 Å². The smallest absolute Gasteiger partial charge is 0.239 e. The summed E-state index contributed by atoms with van der Waals surface area (Å²) < 4.78 is 17.3. The van der Waals surface area contributed by atoms with Gasteiger partial charge < -0.3 is 9.92 Å². The molecule has 0 spiro atoms. The number of hydrogen-bond donors (Lipinski definition) is 1. The van der Waals surface area contributed by atoms with E-state index < -0.39 is 21.7 Å². The summed E-state index contributed by atoms with van der Waals surface area (Å²) in [4.78, 5) is 16.3. The van der Waals surface area contributed by atoms with Crippen LogP contribution in [-0.4, -0.2) is 39.4 Å². The van der Waals surface area contributed by atoms with Gasteiger partial charge in [0.2, 0.25) is 17.0 Å². The normalized spacial score (nSPS) is 17.4. The SMILES string of the molecule is C#CCN1CCC(C(N)=O)(S(=O)Oc2ccc(Sc3ccccc3)cc2)CC1. The number of amides is 1. The maximum Gasteiger partial charge on any atom is 0.239 e. The van der Waals surface area contributed by atoms with Gasteiger partial charge in [-0.25, -0.2) is 4.21 Å². The van der Waals surface area contributed by atoms with Gasteiger partial charge >= 0.3 is 0 Å². The molecule has 1 heterocycles. The Morgan fingerprint density at radius 2 is 1.75 bits per heavy atom. The molecule has 2 N–H and O–H groups in total. The predicted molar refractivity (Wildman–Crippen MR) is 112 cm³/mol. The Bertz CT molecular complexity index is 871. The lowest BCUT2D eigenvalue weighted by Gasteiger charge is -2.37. The van der Waals surface area contributed by atoms with Gasteiger partial charge in [-0.2, -0.15) is 0 Å². The second-order valence-electron chi connectivity index (χ2n) is 6.54. The van der Waals surface area contributed by atoms with E-state index in [2.05, 4.69) is 5.92 Å². The van der Waals surface area contributed by atoms with Gasteiger partial charge in [0, 0.05) is 22.9 Å². The first-order valence-electron chi connectivity index (χ1n) is 8.92. The van der Waals surface area contributed by atoms with Crippen molar-refractivity contribution in [3.05, 3.63) is 54.6 Å². The molecular formula is C21H22N2O3S2. The van der Waals surface area contributed by atoms with Crippen molar-refractivity contribution in [1.29, 1.82) is 0 Å². The molecule has 2 aromatic carbocycles. The van der Waals surface area contributed by atoms with E-state index in [1.54, 1.807) is 23.9 Å². The molecule has 1 amide bonds. The topological polar surface area (TPSA) is 72.6 Å². The number of nitrogens with two attached hydrogens (primary N) is 1. The van der Waals surface area contributed by atoms with Gasteiger partial charge in [-0.3, -0.25) is 9.69 Å². The number of piperidine rings is 1. The van der Waals surface area contributed by atoms with Crippen LogP contribution in [0.15, 0.2) is 64.4 Å². The molecule has 0 saturated carbocycles. The van der Waals surface area contributed by atoms with Crippen LogP contribution < -0.4 is 9.92 Å². The summed E-state index contributed by atoms with van der Waals surface area (Å²) in [6, 6.07) is 17.3. The van der Waals surface area contributed by atoms with Crippen molar-refractivity contribution in [3.8, 4) is 18.1 Å². The van der Waals surface area contributed by atoms with Gasteiger partial charge in [0.25, 0.3) is 0 Å². The van der Waals surface area contributed by atoms with Crippen LogP contribution in [-0.2, 0) is 15.9 Å². The summed E-state index contributed by atoms with van der Waals surface area (Å²) in [5.74, 6) is 2.44. The third-order valence-electron chi connectivity index (χ3n) is 4.72. The fourth-order valence-corrected chi connectivity index (χ4v) is 5.01. The summed E-state index contributed by atoms with van der Waals surface area (Å²) in [6.45, 7) is 1.63. The van der Waals surface area contributed by atoms with Crippen molar-refractivity contribution < 1.29 is 13.2 Å². The number of benzene rings is 2. The average molecular weight is 415 g/mol. The fourth-order valence-electron chi connectivity index (χ4n) is 3.05. The predicted octanol–water partition coefficient (Wildman–Crippen LogP) is 2.83. The Kier molecular flexibility index (Phi) is 6.79. The molecule has 5 nitrogen and oxygen atoms in total. The van der Waals surface area contributed by atoms with Crippen LogP contribution in [0.5, 0.6) is 5.75 Å². The molecule has 1 saturated heterocycles. The Morgan fingerprint density at radius 1 is 1.14 bits per heavy atom. The highest BCUT2D eigenvalue weighted by atomic mass is 32.2. The van der Waals surface area contributed by atoms with E-state index in [4.69, 9.17) is 16.3 Å². The van der Waals surface area contributed by atoms with E-state index in [0.717, 1.165) is 9.79 Å². The molecular weight excluding hydrogens is 392 g/mol. The summed E-state index contributed by atoms with van der Waals surface area (Å²) in [6.07, 6.45) is 6.06. The minimum absolute atomic E-state index is 0.360. The van der Waals surface area contributed by atoms with Crippen LogP contribution in [0.1, 0.15) is 12.8 Å². The van der Waals surface area contributed by atoms with E-state index in [9.17, 15) is 9.00 Å². The van der Waals surface area contributed by atoms with Crippen LogP contribution in [0.4, 0.5) is 0 Å². The van der Waals surface area contributed by atoms with Crippen molar-refractivity contribution >= 4 is 28.7 Å². The molecule has 0 aromatic heterocycles. The van der Waals surface area contributed by atoms with Crippen LogP contribution in [0.25, 0.3) is 0 Å². The Morgan fingerprint density at radius 3 is 2.32 bits per heavy atom. The third kappa shape index (κ3) is 4.76. The Hall–Kier alpha value is -2.27. The number of terminal acetylenes is 1. The van der Waals surface area contributed by atoms with Crippen molar-refractivity contribution in [3.63, 3.8) is 0 Å². The van der Waals surface area contributed by atoms with Gasteiger partial charge in [0.05, 0.1) is 6.54 Å². The first kappa shape index (κ1) is 20.5. The number of primary amides is 1. The first-order chi connectivity index (χ1) is 13.5. The quantitative estimate of drug-likeness (QED) is 0.706. The zero-order chi connectivity index (χ0) is 20.0. The third-order valence-corrected chi connectivity index (χ3v) is 7.33. The summed E-state index contributed by atoms with van der Waals surface area (Å²) in [5.41, 5.74) is 5.61. The van der Waals surface area contributed by atoms with Gasteiger partial charge in [-0.1, -0.05) is 35.9 Å². The van der Waals surface area contributed by atoms with Crippen molar-refractivity contribution in [1.82, 2.24) is 4.90 Å². The molecule has 7 heteroatoms. The van der Waals surface area contributed by atoms with Gasteiger partial charge in [0.1, 0.15) is 5.75 Å². The maximum absolute atomic E-state index is 12.9. The largest absolute Gasteiger partial charge is 0.400 e. The van der Waals surface area contributed by atoms with Crippen LogP contribution >= 0.6 is 11.8 Å². The lowest BCUT2D eigenvalue weighted by atomic mass is 9.95. The molecule has 0 aliphatic carbocycles. The van der Waals surface area contributed by atoms with E-state index >= 15 is 0 Å². The van der Waals surface area contributed by atoms with Crippen LogP contribution in [0, 0.1) is 12.3 Å². The minimum Gasteiger partial charge on any atom is -0.400 e. The number of nitrogens with zero attached hydrogens (tertiary/aromatic N) is 1. The molecule has 146 valence electrons. The molecule has 0 bridgehead atoms. The van der Waals surface area contributed by atoms with Crippen molar-refractivity contribution in [2.75, 3.05) is 19.6 Å². The molecule has 0 radical (unpaired) electrons. The second kappa shape index (κ2) is 9.28. The average Bonchev–Trinajstić information content (AvgIpc) is 2.71. The van der Waals surface area contributed by atoms with Crippen molar-refractivity contribution in [2.45, 2.75) is 27.4 Å². The maximum atomic E-state index is 12.9. The molecule has 1 aliphatic heterocycles. The summed E-state index contributed by atoms with van der Waals surface area (Å²) in [5, 5.41) is 0. The number of likely N-dealkylation sites (tertiary alicyclic amines) is 1. The number of carbonyl (C=O) groups excluding carboxylic acids is 1. The highest BCUT2D eigenvalue weighted by Gasteiger charge is 2.47. The lowest BCUT2D eigenvalue weighted by Crippen LogP contribution is -2.55. The van der Waals surface area contributed by atoms with Crippen LogP contribution in [0.2, 0.25) is 0 Å². The number of hydrogen-bond acceptors (Lipinski definition) is 5. The summed E-state index contributed by atoms with van der Waals surface area (Å²) >= 11 is -0.244. The molecule has 28 heavy (non-hydrogen) atoms. The first-order valence-corrected chi connectivity index (χ1v) is 10.8. The Balaban J connectivity index is 1.66. The van der Waals surface area contributed by atoms with E-state index in [0.29, 0.717) is 38.2 Å². The minimum atomic E-state index is -1.87. The number of rotatable bonds is 7. The van der Waals surface area contributed by atoms with Gasteiger partial charge in [-0.15, -0.1) is 6.42 Å². The lowest BCUT2D eigenvalue weighted by molar-refractivity contribution is -0.121. The fraction of sp³-hybridized carbons (Fsp3) is 0.286. The Labute approximate surface area is 172 Å². The molecule has 1 fully saturated rings. The monoisotopic (exact) mass is 414 g/mol. The van der Waals surface area contributed by atoms with E-state index in [1.807, 2.05) is 47.4 Å². The van der Waals surface area contributed by atoms with Crippen molar-refractivity contribution in [2.24, 2.45) is 5.73 Å². The zero-order valence-electron chi connectivity index (χ0n) is 15.4. The molecule has 3 rings (SSSR count). The highest BCUT2D eigenvalue weighted by molar-refractivity contribution is 7.99. The van der Waals surface area contributed by atoms with E-state index in [-0.39, 0.29) is 0 Å². The highest BCUT2D eigenvalue weighted by Crippen LogP contribution is 2.32. The molecule has 2 aromatic rings. The second-order valence-corrected chi connectivity index (χ2v) is 9.11. The standard InChI is InChI=1S/C21H22N2O3S2/c1-2-14-23-15-12-21(13-16-23,20(22)24)28(25)26-17-8-10-19(11-9-17)27-18-6-4-3-5-7-18/h1,3-11H,12-16H2,(H2,22,24). The zero-order valence-corrected chi connectivity index (χ0v) is 17.0. The van der Waals surface area contributed by atoms with E-state index in [1.165, 1.54) is 0 Å².